The van der Waals surface area contributed by atoms with Crippen LogP contribution in [-0.4, -0.2) is 18.1 Å². The highest BCUT2D eigenvalue weighted by Crippen LogP contribution is 2.24. The molecule has 1 aliphatic carbocycles. The summed E-state index contributed by atoms with van der Waals surface area (Å²) < 4.78 is 0. The summed E-state index contributed by atoms with van der Waals surface area (Å²) in [5, 5.41) is 0. The van der Waals surface area contributed by atoms with E-state index in [2.05, 4.69) is 37.7 Å². The summed E-state index contributed by atoms with van der Waals surface area (Å²) in [4.78, 5) is 9.24. The Labute approximate surface area is 111 Å². The van der Waals surface area contributed by atoms with Crippen LogP contribution < -0.4 is 5.73 Å². The van der Waals surface area contributed by atoms with Crippen molar-refractivity contribution in [1.29, 1.82) is 0 Å². The number of hydrogen-bond donors (Lipinski definition) is 1. The molecule has 0 aliphatic heterocycles. The van der Waals surface area contributed by atoms with Crippen LogP contribution in [-0.2, 0) is 0 Å². The van der Waals surface area contributed by atoms with Gasteiger partial charge in [0.2, 0.25) is 0 Å². The Morgan fingerprint density at radius 2 is 2.06 bits per heavy atom. The predicted octanol–water partition coefficient (Wildman–Crippen LogP) is 3.70. The maximum atomic E-state index is 6.02. The molecule has 1 unspecified atom stereocenters. The first kappa shape index (κ1) is 14.9. The third kappa shape index (κ3) is 4.28. The fourth-order valence-corrected chi connectivity index (χ4v) is 2.00. The first-order chi connectivity index (χ1) is 8.58. The van der Waals surface area contributed by atoms with Crippen LogP contribution in [0.5, 0.6) is 0 Å². The van der Waals surface area contributed by atoms with Crippen molar-refractivity contribution in [2.75, 3.05) is 6.54 Å². The van der Waals surface area contributed by atoms with Gasteiger partial charge in [0.15, 0.2) is 0 Å². The van der Waals surface area contributed by atoms with Gasteiger partial charge in [-0.05, 0) is 38.2 Å². The van der Waals surface area contributed by atoms with Gasteiger partial charge in [-0.3, -0.25) is 4.99 Å². The Morgan fingerprint density at radius 3 is 2.61 bits per heavy atom. The van der Waals surface area contributed by atoms with Gasteiger partial charge < -0.3 is 5.73 Å². The largest absolute Gasteiger partial charge is 0.387 e. The summed E-state index contributed by atoms with van der Waals surface area (Å²) in [6, 6.07) is 0. The van der Waals surface area contributed by atoms with Crippen molar-refractivity contribution < 1.29 is 0 Å². The second-order valence-corrected chi connectivity index (χ2v) is 5.20. The topological polar surface area (TPSA) is 50.7 Å². The lowest BCUT2D eigenvalue weighted by Gasteiger charge is -2.18. The van der Waals surface area contributed by atoms with Crippen molar-refractivity contribution in [3.05, 3.63) is 11.3 Å². The Bertz CT molecular complexity index is 364. The Balaban J connectivity index is 2.74. The summed E-state index contributed by atoms with van der Waals surface area (Å²) in [5.74, 6) is 1.15. The minimum Gasteiger partial charge on any atom is -0.387 e. The van der Waals surface area contributed by atoms with Gasteiger partial charge in [-0.2, -0.15) is 0 Å². The quantitative estimate of drug-likeness (QED) is 0.586. The Kier molecular flexibility index (Phi) is 6.10. The van der Waals surface area contributed by atoms with Gasteiger partial charge in [-0.1, -0.05) is 20.8 Å². The maximum absolute atomic E-state index is 6.02. The summed E-state index contributed by atoms with van der Waals surface area (Å²) in [7, 11) is 0. The number of hydrogen-bond acceptors (Lipinski definition) is 2. The first-order valence-electron chi connectivity index (χ1n) is 7.13. The molecular formula is C15H27N3. The number of amidine groups is 1. The molecule has 0 saturated carbocycles. The number of allylic oxidation sites excluding steroid dienone is 2. The molecule has 1 rings (SSSR count). The number of nitrogens with two attached hydrogens (primary N) is 1. The number of aliphatic imine (C=N–C) groups is 2. The molecule has 0 spiro atoms. The minimum atomic E-state index is 0.375. The highest BCUT2D eigenvalue weighted by molar-refractivity contribution is 5.89. The molecular weight excluding hydrogens is 222 g/mol. The molecule has 2 N–H and O–H groups in total. The Morgan fingerprint density at radius 1 is 1.33 bits per heavy atom. The van der Waals surface area contributed by atoms with Crippen molar-refractivity contribution in [2.24, 2.45) is 21.6 Å². The van der Waals surface area contributed by atoms with Crippen LogP contribution in [0.4, 0.5) is 0 Å². The van der Waals surface area contributed by atoms with Crippen molar-refractivity contribution in [1.82, 2.24) is 0 Å². The smallest absolute Gasteiger partial charge is 0.102 e. The molecule has 0 radical (unpaired) electrons. The fraction of sp³-hybridized carbons (Fsp3) is 0.733. The van der Waals surface area contributed by atoms with Crippen LogP contribution in [0.1, 0.15) is 59.8 Å². The van der Waals surface area contributed by atoms with Crippen molar-refractivity contribution >= 4 is 11.5 Å². The fourth-order valence-electron chi connectivity index (χ4n) is 2.00. The molecule has 1 aliphatic rings. The zero-order valence-corrected chi connectivity index (χ0v) is 12.3. The molecule has 102 valence electrons. The summed E-state index contributed by atoms with van der Waals surface area (Å²) in [6.45, 7) is 9.55. The second kappa shape index (κ2) is 7.34. The van der Waals surface area contributed by atoms with E-state index in [1.54, 1.807) is 0 Å². The zero-order chi connectivity index (χ0) is 13.5. The van der Waals surface area contributed by atoms with Crippen LogP contribution in [0.25, 0.3) is 0 Å². The molecule has 18 heavy (non-hydrogen) atoms. The number of rotatable bonds is 5. The van der Waals surface area contributed by atoms with Crippen molar-refractivity contribution in [3.8, 4) is 0 Å². The van der Waals surface area contributed by atoms with E-state index in [9.17, 15) is 0 Å². The van der Waals surface area contributed by atoms with Crippen LogP contribution in [0.15, 0.2) is 21.3 Å². The molecule has 0 fully saturated rings. The van der Waals surface area contributed by atoms with Crippen LogP contribution in [0.2, 0.25) is 0 Å². The highest BCUT2D eigenvalue weighted by atomic mass is 14.9. The van der Waals surface area contributed by atoms with E-state index in [0.717, 1.165) is 44.5 Å². The van der Waals surface area contributed by atoms with Crippen molar-refractivity contribution in [2.45, 2.75) is 59.8 Å². The normalized spacial score (nSPS) is 21.6. The first-order valence-corrected chi connectivity index (χ1v) is 7.13. The SMILES string of the molecule is CCC/N=C1\CCC(/N=C(/N)C(C)CC)=C(C)C1. The van der Waals surface area contributed by atoms with Gasteiger partial charge in [-0.15, -0.1) is 0 Å². The lowest BCUT2D eigenvalue weighted by atomic mass is 9.95. The molecule has 0 amide bonds. The maximum Gasteiger partial charge on any atom is 0.102 e. The summed E-state index contributed by atoms with van der Waals surface area (Å²) >= 11 is 0. The van der Waals surface area contributed by atoms with Gasteiger partial charge in [0.05, 0.1) is 0 Å². The van der Waals surface area contributed by atoms with E-state index in [0.29, 0.717) is 5.92 Å². The van der Waals surface area contributed by atoms with Gasteiger partial charge in [0.25, 0.3) is 0 Å². The summed E-state index contributed by atoms with van der Waals surface area (Å²) in [5.41, 5.74) is 9.87. The zero-order valence-electron chi connectivity index (χ0n) is 12.3. The molecule has 0 heterocycles. The molecule has 0 bridgehead atoms. The van der Waals surface area contributed by atoms with Crippen LogP contribution >= 0.6 is 0 Å². The highest BCUT2D eigenvalue weighted by Gasteiger charge is 2.15. The third-order valence-corrected chi connectivity index (χ3v) is 3.55. The molecule has 0 aromatic rings. The van der Waals surface area contributed by atoms with Gasteiger partial charge in [0, 0.05) is 30.3 Å². The number of nitrogens with zero attached hydrogens (tertiary/aromatic N) is 2. The Hall–Kier alpha value is -1.12. The summed E-state index contributed by atoms with van der Waals surface area (Å²) in [6.07, 6.45) is 5.19. The average Bonchev–Trinajstić information content (AvgIpc) is 2.38. The monoisotopic (exact) mass is 249 g/mol. The molecule has 3 nitrogen and oxygen atoms in total. The second-order valence-electron chi connectivity index (χ2n) is 5.20. The molecule has 0 saturated heterocycles. The molecule has 3 heteroatoms. The third-order valence-electron chi connectivity index (χ3n) is 3.55. The van der Waals surface area contributed by atoms with Crippen LogP contribution in [0.3, 0.4) is 0 Å². The molecule has 0 aromatic heterocycles. The van der Waals surface area contributed by atoms with Gasteiger partial charge in [0.1, 0.15) is 5.84 Å². The van der Waals surface area contributed by atoms with E-state index in [1.165, 1.54) is 17.0 Å². The average molecular weight is 249 g/mol. The van der Waals surface area contributed by atoms with Crippen molar-refractivity contribution in [3.63, 3.8) is 0 Å². The lowest BCUT2D eigenvalue weighted by molar-refractivity contribution is 0.727. The minimum absolute atomic E-state index is 0.375. The van der Waals surface area contributed by atoms with E-state index < -0.39 is 0 Å². The predicted molar refractivity (Wildman–Crippen MR) is 80.2 cm³/mol. The molecule has 1 atom stereocenters. The van der Waals surface area contributed by atoms with E-state index in [4.69, 9.17) is 5.73 Å². The van der Waals surface area contributed by atoms with Gasteiger partial charge >= 0.3 is 0 Å². The standard InChI is InChI=1S/C15H27N3/c1-5-9-17-13-7-8-14(12(4)10-13)18-15(16)11(3)6-2/h11H,5-10H2,1-4H3,(H2,16,18)/b17-13+. The van der Waals surface area contributed by atoms with E-state index >= 15 is 0 Å². The molecule has 0 aromatic carbocycles. The van der Waals surface area contributed by atoms with E-state index in [1.807, 2.05) is 0 Å². The lowest BCUT2D eigenvalue weighted by Crippen LogP contribution is -2.21. The van der Waals surface area contributed by atoms with Gasteiger partial charge in [-0.25, -0.2) is 4.99 Å². The van der Waals surface area contributed by atoms with Crippen LogP contribution in [0, 0.1) is 5.92 Å². The van der Waals surface area contributed by atoms with E-state index in [-0.39, 0.29) is 0 Å².